The Morgan fingerprint density at radius 3 is 2.67 bits per heavy atom. The van der Waals surface area contributed by atoms with E-state index in [1.165, 1.54) is 30.3 Å². The van der Waals surface area contributed by atoms with Crippen molar-refractivity contribution in [3.05, 3.63) is 53.1 Å². The Morgan fingerprint density at radius 1 is 1.29 bits per heavy atom. The Kier molecular flexibility index (Phi) is 4.64. The van der Waals surface area contributed by atoms with Crippen molar-refractivity contribution >= 4 is 23.2 Å². The second kappa shape index (κ2) is 6.45. The Morgan fingerprint density at radius 2 is 2.05 bits per heavy atom. The van der Waals surface area contributed by atoms with Crippen LogP contribution in [0.4, 0.5) is 18.9 Å². The van der Waals surface area contributed by atoms with E-state index in [0.717, 1.165) is 6.07 Å². The highest BCUT2D eigenvalue weighted by Gasteiger charge is 2.12. The van der Waals surface area contributed by atoms with Crippen molar-refractivity contribution in [2.45, 2.75) is 6.61 Å². The van der Waals surface area contributed by atoms with Crippen LogP contribution in [0, 0.1) is 5.95 Å². The monoisotopic (exact) mass is 316 g/mol. The average Bonchev–Trinajstić information content (AvgIpc) is 2.41. The number of nitrogens with zero attached hydrogens (tertiary/aromatic N) is 1. The molecule has 1 aromatic heterocycles. The van der Waals surface area contributed by atoms with Gasteiger partial charge in [-0.2, -0.15) is 13.2 Å². The van der Waals surface area contributed by atoms with Crippen molar-refractivity contribution < 1.29 is 22.7 Å². The Balaban J connectivity index is 2.13. The van der Waals surface area contributed by atoms with Crippen molar-refractivity contribution in [3.63, 3.8) is 0 Å². The van der Waals surface area contributed by atoms with Crippen molar-refractivity contribution in [2.24, 2.45) is 0 Å². The van der Waals surface area contributed by atoms with E-state index < -0.39 is 18.5 Å². The summed E-state index contributed by atoms with van der Waals surface area (Å²) in [5.41, 5.74) is 0.108. The summed E-state index contributed by atoms with van der Waals surface area (Å²) in [4.78, 5) is 15.2. The number of benzene rings is 1. The highest BCUT2D eigenvalue weighted by atomic mass is 35.5. The summed E-state index contributed by atoms with van der Waals surface area (Å²) in [7, 11) is 0. The first-order chi connectivity index (χ1) is 9.95. The van der Waals surface area contributed by atoms with Gasteiger partial charge < -0.3 is 10.1 Å². The Hall–Kier alpha value is -2.28. The fourth-order valence-electron chi connectivity index (χ4n) is 1.50. The molecule has 0 spiro atoms. The molecule has 2 rings (SSSR count). The fourth-order valence-corrected chi connectivity index (χ4v) is 1.73. The van der Waals surface area contributed by atoms with Crippen LogP contribution in [0.25, 0.3) is 0 Å². The largest absolute Gasteiger partial charge is 0.433 e. The molecular formula is C13H8ClF3N2O2. The molecule has 1 N–H and O–H groups in total. The lowest BCUT2D eigenvalue weighted by atomic mass is 10.2. The molecule has 0 aliphatic heterocycles. The van der Waals surface area contributed by atoms with Gasteiger partial charge in [0.1, 0.15) is 11.4 Å². The summed E-state index contributed by atoms with van der Waals surface area (Å²) >= 11 is 5.74. The van der Waals surface area contributed by atoms with E-state index in [1.807, 2.05) is 0 Å². The van der Waals surface area contributed by atoms with Gasteiger partial charge in [0.15, 0.2) is 0 Å². The molecule has 0 saturated heterocycles. The third-order valence-electron chi connectivity index (χ3n) is 2.35. The predicted octanol–water partition coefficient (Wildman–Crippen LogP) is 3.73. The molecule has 1 aromatic carbocycles. The predicted molar refractivity (Wildman–Crippen MR) is 70.2 cm³/mol. The number of carbonyl (C=O) groups excluding carboxylic acids is 1. The highest BCUT2D eigenvalue weighted by Crippen LogP contribution is 2.29. The summed E-state index contributed by atoms with van der Waals surface area (Å²) < 4.78 is 41.2. The van der Waals surface area contributed by atoms with E-state index in [2.05, 4.69) is 15.0 Å². The van der Waals surface area contributed by atoms with Crippen molar-refractivity contribution in [2.75, 3.05) is 5.32 Å². The Labute approximate surface area is 122 Å². The minimum Gasteiger partial charge on any atom is -0.433 e. The van der Waals surface area contributed by atoms with E-state index in [9.17, 15) is 18.0 Å². The van der Waals surface area contributed by atoms with Gasteiger partial charge in [-0.3, -0.25) is 4.79 Å². The number of rotatable bonds is 4. The number of amides is 1. The molecule has 0 aliphatic carbocycles. The molecule has 0 atom stereocenters. The van der Waals surface area contributed by atoms with Crippen LogP contribution in [0.3, 0.4) is 0 Å². The molecule has 8 heteroatoms. The summed E-state index contributed by atoms with van der Waals surface area (Å²) in [6.45, 7) is -3.00. The van der Waals surface area contributed by atoms with Gasteiger partial charge in [0.05, 0.1) is 5.02 Å². The molecule has 2 aromatic rings. The normalized spacial score (nSPS) is 10.5. The van der Waals surface area contributed by atoms with E-state index in [1.54, 1.807) is 0 Å². The van der Waals surface area contributed by atoms with Crippen LogP contribution in [0.5, 0.6) is 5.75 Å². The standard InChI is InChI=1S/C13H8ClF3N2O2/c14-8-6-7(4-5-10(8)21-13(16)17)18-12(20)9-2-1-3-11(15)19-9/h1-6,13H,(H,18,20). The van der Waals surface area contributed by atoms with Crippen LogP contribution >= 0.6 is 11.6 Å². The molecule has 0 fully saturated rings. The van der Waals surface area contributed by atoms with Crippen LogP contribution in [-0.4, -0.2) is 17.5 Å². The highest BCUT2D eigenvalue weighted by molar-refractivity contribution is 6.32. The van der Waals surface area contributed by atoms with E-state index in [0.29, 0.717) is 0 Å². The van der Waals surface area contributed by atoms with Crippen molar-refractivity contribution in [3.8, 4) is 5.75 Å². The minimum absolute atomic E-state index is 0.0969. The second-order valence-corrected chi connectivity index (χ2v) is 4.23. The van der Waals surface area contributed by atoms with Gasteiger partial charge in [-0.25, -0.2) is 4.98 Å². The molecule has 0 bridgehead atoms. The van der Waals surface area contributed by atoms with Crippen LogP contribution in [0.15, 0.2) is 36.4 Å². The molecule has 1 amide bonds. The van der Waals surface area contributed by atoms with Crippen LogP contribution in [0.1, 0.15) is 10.5 Å². The molecule has 0 radical (unpaired) electrons. The number of carbonyl (C=O) groups is 1. The van der Waals surface area contributed by atoms with Crippen molar-refractivity contribution in [1.29, 1.82) is 0 Å². The van der Waals surface area contributed by atoms with Gasteiger partial charge in [-0.15, -0.1) is 0 Å². The molecule has 0 unspecified atom stereocenters. The quantitative estimate of drug-likeness (QED) is 0.874. The van der Waals surface area contributed by atoms with E-state index >= 15 is 0 Å². The number of nitrogens with one attached hydrogen (secondary N) is 1. The molecule has 0 saturated carbocycles. The van der Waals surface area contributed by atoms with Crippen LogP contribution < -0.4 is 10.1 Å². The lowest BCUT2D eigenvalue weighted by Crippen LogP contribution is -2.14. The minimum atomic E-state index is -3.00. The van der Waals surface area contributed by atoms with Gasteiger partial charge in [-0.1, -0.05) is 17.7 Å². The number of aromatic nitrogens is 1. The molecular weight excluding hydrogens is 309 g/mol. The van der Waals surface area contributed by atoms with E-state index in [-0.39, 0.29) is 22.2 Å². The van der Waals surface area contributed by atoms with Gasteiger partial charge >= 0.3 is 6.61 Å². The molecule has 4 nitrogen and oxygen atoms in total. The lowest BCUT2D eigenvalue weighted by Gasteiger charge is -2.09. The summed E-state index contributed by atoms with van der Waals surface area (Å²) in [6, 6.07) is 7.50. The number of hydrogen-bond acceptors (Lipinski definition) is 3. The smallest absolute Gasteiger partial charge is 0.387 e. The van der Waals surface area contributed by atoms with Gasteiger partial charge in [0, 0.05) is 5.69 Å². The molecule has 110 valence electrons. The number of hydrogen-bond donors (Lipinski definition) is 1. The lowest BCUT2D eigenvalue weighted by molar-refractivity contribution is -0.0497. The first-order valence-electron chi connectivity index (χ1n) is 5.64. The van der Waals surface area contributed by atoms with Gasteiger partial charge in [0.25, 0.3) is 5.91 Å². The number of alkyl halides is 2. The topological polar surface area (TPSA) is 51.2 Å². The number of anilines is 1. The van der Waals surface area contributed by atoms with Crippen molar-refractivity contribution in [1.82, 2.24) is 4.98 Å². The molecule has 0 aliphatic rings. The van der Waals surface area contributed by atoms with Gasteiger partial charge in [0.2, 0.25) is 5.95 Å². The zero-order valence-corrected chi connectivity index (χ0v) is 11.1. The third kappa shape index (κ3) is 4.09. The summed E-state index contributed by atoms with van der Waals surface area (Å²) in [6.07, 6.45) is 0. The van der Waals surface area contributed by atoms with E-state index in [4.69, 9.17) is 11.6 Å². The number of halogens is 4. The maximum Gasteiger partial charge on any atom is 0.387 e. The Bertz CT molecular complexity index is 668. The summed E-state index contributed by atoms with van der Waals surface area (Å²) in [5, 5.41) is 2.31. The zero-order valence-electron chi connectivity index (χ0n) is 10.3. The molecule has 21 heavy (non-hydrogen) atoms. The fraction of sp³-hybridized carbons (Fsp3) is 0.0769. The summed E-state index contributed by atoms with van der Waals surface area (Å²) in [5.74, 6) is -1.66. The molecule has 1 heterocycles. The SMILES string of the molecule is O=C(Nc1ccc(OC(F)F)c(Cl)c1)c1cccc(F)n1. The first kappa shape index (κ1) is 15.1. The zero-order chi connectivity index (χ0) is 15.4. The first-order valence-corrected chi connectivity index (χ1v) is 6.02. The number of pyridine rings is 1. The second-order valence-electron chi connectivity index (χ2n) is 3.82. The number of ether oxygens (including phenoxy) is 1. The van der Waals surface area contributed by atoms with Gasteiger partial charge in [-0.05, 0) is 30.3 Å². The third-order valence-corrected chi connectivity index (χ3v) is 2.65. The maximum atomic E-state index is 12.9. The average molecular weight is 317 g/mol. The van der Waals surface area contributed by atoms with Crippen LogP contribution in [0.2, 0.25) is 5.02 Å². The van der Waals surface area contributed by atoms with Crippen LogP contribution in [-0.2, 0) is 0 Å². The maximum absolute atomic E-state index is 12.9.